The van der Waals surface area contributed by atoms with Crippen LogP contribution in [0.4, 0.5) is 16.3 Å². The molecular formula is C25H32FN7O6S. The molecule has 2 saturated heterocycles. The topological polar surface area (TPSA) is 143 Å². The first-order valence-electron chi connectivity index (χ1n) is 13.0. The number of rotatable bonds is 10. The lowest BCUT2D eigenvalue weighted by atomic mass is 10.1. The highest BCUT2D eigenvalue weighted by molar-refractivity contribution is 7.93. The summed E-state index contributed by atoms with van der Waals surface area (Å²) in [5.41, 5.74) is 0.442. The molecule has 0 aliphatic carbocycles. The minimum absolute atomic E-state index is 0.0311. The lowest BCUT2D eigenvalue weighted by Gasteiger charge is -2.37. The van der Waals surface area contributed by atoms with Gasteiger partial charge in [-0.25, -0.2) is 22.8 Å². The van der Waals surface area contributed by atoms with Crippen molar-refractivity contribution in [1.82, 2.24) is 24.7 Å². The van der Waals surface area contributed by atoms with Gasteiger partial charge in [0.2, 0.25) is 21.9 Å². The van der Waals surface area contributed by atoms with Gasteiger partial charge in [-0.15, -0.1) is 10.2 Å². The minimum atomic E-state index is -4.06. The van der Waals surface area contributed by atoms with Gasteiger partial charge in [-0.05, 0) is 38.3 Å². The van der Waals surface area contributed by atoms with Gasteiger partial charge in [-0.1, -0.05) is 6.07 Å². The van der Waals surface area contributed by atoms with Crippen molar-refractivity contribution in [2.24, 2.45) is 0 Å². The third-order valence-corrected chi connectivity index (χ3v) is 8.56. The van der Waals surface area contributed by atoms with Gasteiger partial charge in [-0.2, -0.15) is 0 Å². The van der Waals surface area contributed by atoms with Crippen LogP contribution in [-0.2, 0) is 19.5 Å². The summed E-state index contributed by atoms with van der Waals surface area (Å²) in [5, 5.41) is 7.63. The number of nitrogens with one attached hydrogen (secondary N) is 1. The molecule has 0 radical (unpaired) electrons. The first kappa shape index (κ1) is 28.0. The number of methoxy groups -OCH3 is 2. The van der Waals surface area contributed by atoms with Gasteiger partial charge in [-0.3, -0.25) is 9.29 Å². The highest BCUT2D eigenvalue weighted by Crippen LogP contribution is 2.39. The fourth-order valence-electron chi connectivity index (χ4n) is 5.06. The molecule has 4 heterocycles. The van der Waals surface area contributed by atoms with Crippen LogP contribution in [0.2, 0.25) is 0 Å². The number of sulfonamides is 1. The summed E-state index contributed by atoms with van der Waals surface area (Å²) < 4.78 is 68.4. The molecule has 5 rings (SSSR count). The monoisotopic (exact) mass is 577 g/mol. The molecular weight excluding hydrogens is 545 g/mol. The Morgan fingerprint density at radius 2 is 1.85 bits per heavy atom. The van der Waals surface area contributed by atoms with Crippen molar-refractivity contribution in [2.75, 3.05) is 50.1 Å². The molecule has 1 aromatic carbocycles. The first-order chi connectivity index (χ1) is 19.3. The summed E-state index contributed by atoms with van der Waals surface area (Å²) in [7, 11) is -1.04. The van der Waals surface area contributed by atoms with Crippen molar-refractivity contribution < 1.29 is 31.8 Å². The number of benzene rings is 1. The predicted octanol–water partition coefficient (Wildman–Crippen LogP) is 2.49. The van der Waals surface area contributed by atoms with Gasteiger partial charge in [0.15, 0.2) is 11.6 Å². The van der Waals surface area contributed by atoms with Crippen LogP contribution in [-0.4, -0.2) is 85.0 Å². The van der Waals surface area contributed by atoms with Crippen LogP contribution < -0.4 is 19.1 Å². The van der Waals surface area contributed by atoms with Crippen molar-refractivity contribution in [3.63, 3.8) is 0 Å². The fraction of sp³-hybridized carbons (Fsp3) is 0.520. The van der Waals surface area contributed by atoms with E-state index in [1.807, 2.05) is 6.92 Å². The maximum Gasteiger partial charge on any atom is 0.243 e. The standard InChI is InChI=1S/C25H32FN7O6S/c1-4-38-17-11-18(15-32(14-17)24-27-12-16(26)13-28-24)40(34,35)31-25-30-29-23(21-9-6-10-39-21)33(25)22-19(36-2)7-5-8-20(22)37-3/h5,7-8,12-13,17-18,21H,4,6,9-11,14-15H2,1-3H3,(H,30,31)/t17-,18-,21?/m0/s1. The Bertz CT molecular complexity index is 1390. The van der Waals surface area contributed by atoms with Gasteiger partial charge < -0.3 is 23.8 Å². The zero-order valence-corrected chi connectivity index (χ0v) is 23.3. The Hall–Kier alpha value is -3.56. The smallest absolute Gasteiger partial charge is 0.243 e. The van der Waals surface area contributed by atoms with E-state index in [4.69, 9.17) is 18.9 Å². The number of hydrogen-bond donors (Lipinski definition) is 1. The predicted molar refractivity (Wildman–Crippen MR) is 143 cm³/mol. The quantitative estimate of drug-likeness (QED) is 0.380. The maximum atomic E-state index is 13.9. The van der Waals surface area contributed by atoms with E-state index in [0.717, 1.165) is 18.8 Å². The Balaban J connectivity index is 1.52. The normalized spacial score (nSPS) is 21.4. The van der Waals surface area contributed by atoms with Crippen molar-refractivity contribution in [3.8, 4) is 17.2 Å². The van der Waals surface area contributed by atoms with Crippen LogP contribution in [0.5, 0.6) is 11.5 Å². The minimum Gasteiger partial charge on any atom is -0.494 e. The number of para-hydroxylation sites is 1. The van der Waals surface area contributed by atoms with Crippen molar-refractivity contribution in [1.29, 1.82) is 0 Å². The summed E-state index contributed by atoms with van der Waals surface area (Å²) in [5.74, 6) is 0.904. The Labute approximate surface area is 231 Å². The molecule has 216 valence electrons. The molecule has 2 fully saturated rings. The van der Waals surface area contributed by atoms with E-state index in [9.17, 15) is 12.8 Å². The number of halogens is 1. The summed E-state index contributed by atoms with van der Waals surface area (Å²) in [6.07, 6.45) is 3.06. The fourth-order valence-corrected chi connectivity index (χ4v) is 6.45. The average molecular weight is 578 g/mol. The molecule has 3 aromatic rings. The van der Waals surface area contributed by atoms with Crippen LogP contribution in [0.25, 0.3) is 5.69 Å². The third kappa shape index (κ3) is 5.67. The number of piperidine rings is 1. The van der Waals surface area contributed by atoms with Gasteiger partial charge >= 0.3 is 0 Å². The second-order valence-corrected chi connectivity index (χ2v) is 11.4. The van der Waals surface area contributed by atoms with Gasteiger partial charge in [0.05, 0.1) is 32.7 Å². The van der Waals surface area contributed by atoms with E-state index in [1.54, 1.807) is 27.7 Å². The largest absolute Gasteiger partial charge is 0.494 e. The molecule has 1 N–H and O–H groups in total. The second-order valence-electron chi connectivity index (χ2n) is 9.42. The number of nitrogens with zero attached hydrogens (tertiary/aromatic N) is 6. The van der Waals surface area contributed by atoms with E-state index >= 15 is 0 Å². The molecule has 15 heteroatoms. The molecule has 0 bridgehead atoms. The van der Waals surface area contributed by atoms with Crippen LogP contribution in [0.15, 0.2) is 30.6 Å². The molecule has 40 heavy (non-hydrogen) atoms. The lowest BCUT2D eigenvalue weighted by molar-refractivity contribution is 0.0531. The molecule has 0 spiro atoms. The van der Waals surface area contributed by atoms with E-state index < -0.39 is 27.2 Å². The maximum absolute atomic E-state index is 13.9. The third-order valence-electron chi connectivity index (χ3n) is 6.87. The van der Waals surface area contributed by atoms with E-state index in [0.29, 0.717) is 49.2 Å². The van der Waals surface area contributed by atoms with Crippen molar-refractivity contribution in [2.45, 2.75) is 43.6 Å². The molecule has 13 nitrogen and oxygen atoms in total. The second kappa shape index (κ2) is 11.9. The molecule has 2 aromatic heterocycles. The first-order valence-corrected chi connectivity index (χ1v) is 14.5. The number of aromatic nitrogens is 5. The van der Waals surface area contributed by atoms with Gasteiger partial charge in [0, 0.05) is 26.3 Å². The number of hydrogen-bond acceptors (Lipinski definition) is 11. The lowest BCUT2D eigenvalue weighted by Crippen LogP contribution is -2.51. The molecule has 0 amide bonds. The summed E-state index contributed by atoms with van der Waals surface area (Å²) >= 11 is 0. The van der Waals surface area contributed by atoms with Gasteiger partial charge in [0.1, 0.15) is 28.5 Å². The highest BCUT2D eigenvalue weighted by Gasteiger charge is 2.39. The SMILES string of the molecule is CCO[C@H]1C[C@H](S(=O)(=O)Nc2nnc(C3CCCO3)n2-c2c(OC)cccc2OC)CN(c2ncc(F)cn2)C1. The summed E-state index contributed by atoms with van der Waals surface area (Å²) in [6.45, 7) is 3.23. The highest BCUT2D eigenvalue weighted by atomic mass is 32.2. The van der Waals surface area contributed by atoms with Crippen LogP contribution in [0.1, 0.15) is 38.1 Å². The van der Waals surface area contributed by atoms with Crippen LogP contribution in [0, 0.1) is 5.82 Å². The Kier molecular flexibility index (Phi) is 8.32. The number of ether oxygens (including phenoxy) is 4. The summed E-state index contributed by atoms with van der Waals surface area (Å²) in [6, 6.07) is 5.25. The zero-order chi connectivity index (χ0) is 28.3. The average Bonchev–Trinajstić information content (AvgIpc) is 3.63. The van der Waals surface area contributed by atoms with Crippen LogP contribution >= 0.6 is 0 Å². The molecule has 3 atom stereocenters. The zero-order valence-electron chi connectivity index (χ0n) is 22.5. The molecule has 2 aliphatic rings. The van der Waals surface area contributed by atoms with Crippen molar-refractivity contribution >= 4 is 21.9 Å². The van der Waals surface area contributed by atoms with Crippen LogP contribution in [0.3, 0.4) is 0 Å². The molecule has 0 saturated carbocycles. The number of anilines is 2. The molecule has 2 aliphatic heterocycles. The molecule has 1 unspecified atom stereocenters. The van der Waals surface area contributed by atoms with E-state index in [2.05, 4.69) is 24.9 Å². The Morgan fingerprint density at radius 1 is 1.12 bits per heavy atom. The van der Waals surface area contributed by atoms with Crippen molar-refractivity contribution in [3.05, 3.63) is 42.2 Å². The summed E-state index contributed by atoms with van der Waals surface area (Å²) in [4.78, 5) is 9.75. The van der Waals surface area contributed by atoms with E-state index in [-0.39, 0.29) is 31.0 Å². The van der Waals surface area contributed by atoms with Gasteiger partial charge in [0.25, 0.3) is 0 Å². The Morgan fingerprint density at radius 3 is 2.48 bits per heavy atom. The van der Waals surface area contributed by atoms with E-state index in [1.165, 1.54) is 14.2 Å².